The van der Waals surface area contributed by atoms with Gasteiger partial charge in [-0.15, -0.1) is 0 Å². The number of rotatable bonds is 6. The van der Waals surface area contributed by atoms with Gasteiger partial charge in [-0.05, 0) is 18.6 Å². The first-order valence-electron chi connectivity index (χ1n) is 7.30. The predicted molar refractivity (Wildman–Crippen MR) is 86.4 cm³/mol. The number of nitrogens with one attached hydrogen (secondary N) is 3. The highest BCUT2D eigenvalue weighted by molar-refractivity contribution is 5.92. The number of primary amides is 1. The largest absolute Gasteiger partial charge is 0.368 e. The van der Waals surface area contributed by atoms with Crippen molar-refractivity contribution in [2.24, 2.45) is 5.73 Å². The molecule has 0 fully saturated rings. The highest BCUT2D eigenvalue weighted by atomic mass is 16.2. The third-order valence-corrected chi connectivity index (χ3v) is 3.58. The maximum atomic E-state index is 12.3. The molecule has 0 saturated carbocycles. The number of H-pyrrole nitrogens is 1. The Balaban J connectivity index is 2.19. The van der Waals surface area contributed by atoms with E-state index in [0.717, 1.165) is 16.5 Å². The van der Waals surface area contributed by atoms with Gasteiger partial charge in [0.25, 0.3) is 0 Å². The maximum Gasteiger partial charge on any atom is 0.243 e. The number of benzene rings is 1. The van der Waals surface area contributed by atoms with Gasteiger partial charge < -0.3 is 21.4 Å². The Bertz CT molecular complexity index is 738. The number of carbonyl (C=O) groups excluding carboxylic acids is 3. The molecule has 2 aromatic rings. The summed E-state index contributed by atoms with van der Waals surface area (Å²) in [7, 11) is 0. The number of aromatic amines is 1. The van der Waals surface area contributed by atoms with Crippen LogP contribution in [-0.2, 0) is 20.8 Å². The van der Waals surface area contributed by atoms with Gasteiger partial charge in [0.05, 0.1) is 0 Å². The Hall–Kier alpha value is -2.83. The summed E-state index contributed by atoms with van der Waals surface area (Å²) in [5, 5.41) is 6.10. The minimum absolute atomic E-state index is 0.306. The smallest absolute Gasteiger partial charge is 0.243 e. The topological polar surface area (TPSA) is 117 Å². The van der Waals surface area contributed by atoms with Crippen molar-refractivity contribution >= 4 is 28.6 Å². The molecule has 1 aromatic heterocycles. The standard InChI is InChI=1S/C16H20N4O3/c1-9(15(17)22)19-16(23)14(20-10(2)21)7-11-8-18-13-6-4-3-5-12(11)13/h3-6,8-9,14,18H,7H2,1-2H3,(H2,17,22)(H,19,23)(H,20,21)/t9-,14+/m1/s1. The van der Waals surface area contributed by atoms with Crippen molar-refractivity contribution < 1.29 is 14.4 Å². The maximum absolute atomic E-state index is 12.3. The Labute approximate surface area is 133 Å². The van der Waals surface area contributed by atoms with Gasteiger partial charge in [-0.1, -0.05) is 18.2 Å². The Morgan fingerprint density at radius 2 is 1.91 bits per heavy atom. The molecule has 7 nitrogen and oxygen atoms in total. The highest BCUT2D eigenvalue weighted by Gasteiger charge is 2.23. The van der Waals surface area contributed by atoms with Gasteiger partial charge in [0, 0.05) is 30.4 Å². The van der Waals surface area contributed by atoms with Gasteiger partial charge in [0.2, 0.25) is 17.7 Å². The fourth-order valence-corrected chi connectivity index (χ4v) is 2.36. The molecular formula is C16H20N4O3. The molecule has 1 aromatic carbocycles. The lowest BCUT2D eigenvalue weighted by Gasteiger charge is -2.19. The molecule has 0 bridgehead atoms. The summed E-state index contributed by atoms with van der Waals surface area (Å²) in [5.74, 6) is -1.40. The van der Waals surface area contributed by atoms with Crippen LogP contribution in [0.25, 0.3) is 10.9 Å². The summed E-state index contributed by atoms with van der Waals surface area (Å²) in [4.78, 5) is 37.9. The average Bonchev–Trinajstić information content (AvgIpc) is 2.89. The lowest BCUT2D eigenvalue weighted by atomic mass is 10.0. The minimum Gasteiger partial charge on any atom is -0.368 e. The van der Waals surface area contributed by atoms with Gasteiger partial charge in [-0.25, -0.2) is 0 Å². The number of hydrogen-bond donors (Lipinski definition) is 4. The SMILES string of the molecule is CC(=O)N[C@@H](Cc1c[nH]c2ccccc12)C(=O)N[C@H](C)C(N)=O. The number of amides is 3. The molecule has 23 heavy (non-hydrogen) atoms. The highest BCUT2D eigenvalue weighted by Crippen LogP contribution is 2.19. The van der Waals surface area contributed by atoms with Crippen LogP contribution < -0.4 is 16.4 Å². The molecule has 0 aliphatic heterocycles. The van der Waals surface area contributed by atoms with Crippen LogP contribution in [0.5, 0.6) is 0 Å². The molecule has 5 N–H and O–H groups in total. The van der Waals surface area contributed by atoms with E-state index >= 15 is 0 Å². The zero-order valence-electron chi connectivity index (χ0n) is 13.1. The molecule has 3 amide bonds. The zero-order valence-corrected chi connectivity index (χ0v) is 13.1. The molecule has 0 aliphatic carbocycles. The fraction of sp³-hybridized carbons (Fsp3) is 0.312. The molecule has 1 heterocycles. The van der Waals surface area contributed by atoms with Crippen molar-refractivity contribution in [3.63, 3.8) is 0 Å². The Kier molecular flexibility index (Phi) is 5.00. The lowest BCUT2D eigenvalue weighted by molar-refractivity contribution is -0.130. The number of nitrogens with two attached hydrogens (primary N) is 1. The summed E-state index contributed by atoms with van der Waals surface area (Å²) in [6.07, 6.45) is 2.12. The van der Waals surface area contributed by atoms with E-state index in [2.05, 4.69) is 15.6 Å². The molecule has 2 atom stereocenters. The first-order chi connectivity index (χ1) is 10.9. The van der Waals surface area contributed by atoms with E-state index in [9.17, 15) is 14.4 Å². The number of hydrogen-bond acceptors (Lipinski definition) is 3. The van der Waals surface area contributed by atoms with Crippen LogP contribution in [0.2, 0.25) is 0 Å². The third-order valence-electron chi connectivity index (χ3n) is 3.58. The van der Waals surface area contributed by atoms with Crippen LogP contribution >= 0.6 is 0 Å². The zero-order chi connectivity index (χ0) is 17.0. The van der Waals surface area contributed by atoms with E-state index in [1.165, 1.54) is 13.8 Å². The summed E-state index contributed by atoms with van der Waals surface area (Å²) in [5.41, 5.74) is 7.01. The van der Waals surface area contributed by atoms with E-state index in [0.29, 0.717) is 6.42 Å². The van der Waals surface area contributed by atoms with E-state index in [1.54, 1.807) is 0 Å². The molecule has 2 rings (SSSR count). The Morgan fingerprint density at radius 3 is 2.57 bits per heavy atom. The summed E-state index contributed by atoms with van der Waals surface area (Å²) < 4.78 is 0. The van der Waals surface area contributed by atoms with Crippen LogP contribution in [0.3, 0.4) is 0 Å². The molecule has 0 unspecified atom stereocenters. The molecule has 0 spiro atoms. The first kappa shape index (κ1) is 16.5. The second-order valence-corrected chi connectivity index (χ2v) is 5.45. The molecule has 7 heteroatoms. The van der Waals surface area contributed by atoms with E-state index in [-0.39, 0.29) is 5.91 Å². The number of para-hydroxylation sites is 1. The monoisotopic (exact) mass is 316 g/mol. The molecule has 0 radical (unpaired) electrons. The van der Waals surface area contributed by atoms with Crippen LogP contribution in [0.15, 0.2) is 30.5 Å². The van der Waals surface area contributed by atoms with Gasteiger partial charge in [0.1, 0.15) is 12.1 Å². The van der Waals surface area contributed by atoms with E-state index < -0.39 is 23.9 Å². The quantitative estimate of drug-likeness (QED) is 0.610. The van der Waals surface area contributed by atoms with Crippen molar-refractivity contribution in [3.8, 4) is 0 Å². The van der Waals surface area contributed by atoms with Crippen LogP contribution in [0, 0.1) is 0 Å². The summed E-state index contributed by atoms with van der Waals surface area (Å²) >= 11 is 0. The van der Waals surface area contributed by atoms with Crippen molar-refractivity contribution in [1.82, 2.24) is 15.6 Å². The number of fused-ring (bicyclic) bond motifs is 1. The molecule has 0 saturated heterocycles. The lowest BCUT2D eigenvalue weighted by Crippen LogP contribution is -2.52. The van der Waals surface area contributed by atoms with Gasteiger partial charge in [-0.3, -0.25) is 14.4 Å². The van der Waals surface area contributed by atoms with E-state index in [4.69, 9.17) is 5.73 Å². The van der Waals surface area contributed by atoms with Crippen molar-refractivity contribution in [1.29, 1.82) is 0 Å². The Morgan fingerprint density at radius 1 is 1.22 bits per heavy atom. The van der Waals surface area contributed by atoms with Crippen molar-refractivity contribution in [3.05, 3.63) is 36.0 Å². The van der Waals surface area contributed by atoms with Crippen molar-refractivity contribution in [2.45, 2.75) is 32.4 Å². The van der Waals surface area contributed by atoms with Gasteiger partial charge in [-0.2, -0.15) is 0 Å². The van der Waals surface area contributed by atoms with Crippen LogP contribution in [0.4, 0.5) is 0 Å². The van der Waals surface area contributed by atoms with Crippen LogP contribution in [-0.4, -0.2) is 34.8 Å². The second-order valence-electron chi connectivity index (χ2n) is 5.45. The normalized spacial score (nSPS) is 13.3. The van der Waals surface area contributed by atoms with Gasteiger partial charge in [0.15, 0.2) is 0 Å². The average molecular weight is 316 g/mol. The van der Waals surface area contributed by atoms with E-state index in [1.807, 2.05) is 30.5 Å². The predicted octanol–water partition coefficient (Wildman–Crippen LogP) is 0.205. The molecular weight excluding hydrogens is 296 g/mol. The summed E-state index contributed by atoms with van der Waals surface area (Å²) in [6, 6.07) is 6.10. The second kappa shape index (κ2) is 6.95. The molecule has 0 aliphatic rings. The molecule has 122 valence electrons. The number of aromatic nitrogens is 1. The van der Waals surface area contributed by atoms with Crippen LogP contribution in [0.1, 0.15) is 19.4 Å². The number of carbonyl (C=O) groups is 3. The fourth-order valence-electron chi connectivity index (χ4n) is 2.36. The van der Waals surface area contributed by atoms with Crippen molar-refractivity contribution in [2.75, 3.05) is 0 Å². The minimum atomic E-state index is -0.804. The first-order valence-corrected chi connectivity index (χ1v) is 7.30. The van der Waals surface area contributed by atoms with Gasteiger partial charge >= 0.3 is 0 Å². The third kappa shape index (κ3) is 4.09. The summed E-state index contributed by atoms with van der Waals surface area (Å²) in [6.45, 7) is 2.84.